The maximum atomic E-state index is 12.1. The number of amides is 1. The van der Waals surface area contributed by atoms with Gasteiger partial charge in [-0.25, -0.2) is 0 Å². The molecule has 0 fully saturated rings. The van der Waals surface area contributed by atoms with Crippen LogP contribution < -0.4 is 10.1 Å². The van der Waals surface area contributed by atoms with Crippen molar-refractivity contribution in [3.63, 3.8) is 0 Å². The first kappa shape index (κ1) is 20.1. The zero-order valence-corrected chi connectivity index (χ0v) is 16.0. The number of rotatable bonds is 8. The van der Waals surface area contributed by atoms with Crippen LogP contribution in [-0.2, 0) is 10.5 Å². The van der Waals surface area contributed by atoms with Crippen molar-refractivity contribution in [1.29, 1.82) is 0 Å². The summed E-state index contributed by atoms with van der Waals surface area (Å²) in [6.45, 7) is 1.89. The van der Waals surface area contributed by atoms with E-state index in [-0.39, 0.29) is 29.1 Å². The lowest BCUT2D eigenvalue weighted by molar-refractivity contribution is -0.385. The Morgan fingerprint density at radius 2 is 2.12 bits per heavy atom. The zero-order valence-electron chi connectivity index (χ0n) is 14.4. The van der Waals surface area contributed by atoms with Crippen molar-refractivity contribution in [2.45, 2.75) is 18.7 Å². The third kappa shape index (κ3) is 5.64. The van der Waals surface area contributed by atoms with Crippen LogP contribution in [0.4, 0.5) is 5.69 Å². The minimum atomic E-state index is -0.480. The van der Waals surface area contributed by atoms with E-state index in [1.54, 1.807) is 18.2 Å². The lowest BCUT2D eigenvalue weighted by atomic mass is 10.1. The molecule has 1 amide bonds. The van der Waals surface area contributed by atoms with E-state index < -0.39 is 4.92 Å². The molecule has 1 atom stereocenters. The number of hydrogen-bond acceptors (Lipinski definition) is 5. The SMILES string of the molecule is COc1ccc(CSCC(=O)N[C@H](C)c2cccc(Cl)c2)cc1[N+](=O)[O-]. The van der Waals surface area contributed by atoms with Gasteiger partial charge in [-0.1, -0.05) is 29.8 Å². The Balaban J connectivity index is 1.86. The number of thioether (sulfide) groups is 1. The quantitative estimate of drug-likeness (QED) is 0.531. The number of nitro benzene ring substituents is 1. The van der Waals surface area contributed by atoms with Gasteiger partial charge in [0.15, 0.2) is 5.75 Å². The Bertz CT molecular complexity index is 801. The summed E-state index contributed by atoms with van der Waals surface area (Å²) in [4.78, 5) is 22.6. The summed E-state index contributed by atoms with van der Waals surface area (Å²) in [7, 11) is 1.39. The molecule has 0 unspecified atom stereocenters. The Morgan fingerprint density at radius 3 is 2.77 bits per heavy atom. The van der Waals surface area contributed by atoms with Gasteiger partial charge in [-0.3, -0.25) is 14.9 Å². The third-order valence-corrected chi connectivity index (χ3v) is 4.91. The molecule has 0 aliphatic heterocycles. The summed E-state index contributed by atoms with van der Waals surface area (Å²) in [6, 6.07) is 12.0. The van der Waals surface area contributed by atoms with Crippen LogP contribution in [0.15, 0.2) is 42.5 Å². The maximum absolute atomic E-state index is 12.1. The molecule has 0 aliphatic rings. The van der Waals surface area contributed by atoms with Gasteiger partial charge in [-0.2, -0.15) is 0 Å². The van der Waals surface area contributed by atoms with E-state index in [1.807, 2.05) is 25.1 Å². The van der Waals surface area contributed by atoms with Gasteiger partial charge in [0.1, 0.15) is 0 Å². The van der Waals surface area contributed by atoms with Crippen LogP contribution in [0.25, 0.3) is 0 Å². The van der Waals surface area contributed by atoms with Crippen molar-refractivity contribution >= 4 is 35.0 Å². The van der Waals surface area contributed by atoms with Gasteiger partial charge >= 0.3 is 5.69 Å². The van der Waals surface area contributed by atoms with Crippen LogP contribution >= 0.6 is 23.4 Å². The summed E-state index contributed by atoms with van der Waals surface area (Å²) in [5.41, 5.74) is 1.62. The molecule has 0 heterocycles. The summed E-state index contributed by atoms with van der Waals surface area (Å²) >= 11 is 7.35. The van der Waals surface area contributed by atoms with E-state index in [0.717, 1.165) is 11.1 Å². The lowest BCUT2D eigenvalue weighted by Crippen LogP contribution is -2.28. The molecule has 0 aliphatic carbocycles. The number of carbonyl (C=O) groups excluding carboxylic acids is 1. The second-order valence-corrected chi connectivity index (χ2v) is 7.02. The highest BCUT2D eigenvalue weighted by atomic mass is 35.5. The van der Waals surface area contributed by atoms with E-state index in [0.29, 0.717) is 10.8 Å². The molecule has 2 rings (SSSR count). The first-order chi connectivity index (χ1) is 12.4. The van der Waals surface area contributed by atoms with E-state index in [1.165, 1.54) is 24.9 Å². The molecule has 1 N–H and O–H groups in total. The Hall–Kier alpha value is -2.25. The highest BCUT2D eigenvalue weighted by molar-refractivity contribution is 7.99. The van der Waals surface area contributed by atoms with Gasteiger partial charge in [0.05, 0.1) is 23.8 Å². The van der Waals surface area contributed by atoms with Crippen molar-refractivity contribution < 1.29 is 14.5 Å². The minimum Gasteiger partial charge on any atom is -0.490 e. The smallest absolute Gasteiger partial charge is 0.311 e. The first-order valence-corrected chi connectivity index (χ1v) is 9.38. The second-order valence-electron chi connectivity index (χ2n) is 5.60. The molecule has 2 aromatic rings. The van der Waals surface area contributed by atoms with Crippen molar-refractivity contribution in [2.24, 2.45) is 0 Å². The zero-order chi connectivity index (χ0) is 19.1. The average Bonchev–Trinajstić information content (AvgIpc) is 2.61. The third-order valence-electron chi connectivity index (χ3n) is 3.67. The summed E-state index contributed by atoms with van der Waals surface area (Å²) in [6.07, 6.45) is 0. The van der Waals surface area contributed by atoms with Gasteiger partial charge < -0.3 is 10.1 Å². The molecule has 0 aromatic heterocycles. The molecular formula is C18H19ClN2O4S. The topological polar surface area (TPSA) is 81.5 Å². The molecule has 0 bridgehead atoms. The molecule has 0 spiro atoms. The molecule has 8 heteroatoms. The van der Waals surface area contributed by atoms with Crippen LogP contribution in [0.2, 0.25) is 5.02 Å². The van der Waals surface area contributed by atoms with Crippen LogP contribution in [0.3, 0.4) is 0 Å². The number of nitrogens with zero attached hydrogens (tertiary/aromatic N) is 1. The molecule has 6 nitrogen and oxygen atoms in total. The van der Waals surface area contributed by atoms with Gasteiger partial charge in [0.2, 0.25) is 5.91 Å². The molecule has 0 saturated heterocycles. The largest absolute Gasteiger partial charge is 0.490 e. The van der Waals surface area contributed by atoms with E-state index in [2.05, 4.69) is 5.32 Å². The standard InChI is InChI=1S/C18H19ClN2O4S/c1-12(14-4-3-5-15(19)9-14)20-18(22)11-26-10-13-6-7-17(25-2)16(8-13)21(23)24/h3-9,12H,10-11H2,1-2H3,(H,20,22)/t12-/m1/s1. The molecule has 0 saturated carbocycles. The number of halogens is 1. The van der Waals surface area contributed by atoms with E-state index in [9.17, 15) is 14.9 Å². The number of nitro groups is 1. The van der Waals surface area contributed by atoms with Crippen LogP contribution in [-0.4, -0.2) is 23.7 Å². The predicted octanol–water partition coefficient (Wildman–Crippen LogP) is 4.37. The fraction of sp³-hybridized carbons (Fsp3) is 0.278. The molecular weight excluding hydrogens is 376 g/mol. The second kappa shape index (κ2) is 9.45. The van der Waals surface area contributed by atoms with Crippen molar-refractivity contribution in [1.82, 2.24) is 5.32 Å². The van der Waals surface area contributed by atoms with Gasteiger partial charge in [0.25, 0.3) is 0 Å². The molecule has 26 heavy (non-hydrogen) atoms. The number of nitrogens with one attached hydrogen (secondary N) is 1. The number of hydrogen-bond donors (Lipinski definition) is 1. The average molecular weight is 395 g/mol. The minimum absolute atomic E-state index is 0.0790. The normalized spacial score (nSPS) is 11.7. The summed E-state index contributed by atoms with van der Waals surface area (Å²) < 4.78 is 4.98. The van der Waals surface area contributed by atoms with Crippen molar-refractivity contribution in [2.75, 3.05) is 12.9 Å². The van der Waals surface area contributed by atoms with Crippen molar-refractivity contribution in [3.05, 3.63) is 68.7 Å². The van der Waals surface area contributed by atoms with Crippen LogP contribution in [0.5, 0.6) is 5.75 Å². The fourth-order valence-corrected chi connectivity index (χ4v) is 3.36. The summed E-state index contributed by atoms with van der Waals surface area (Å²) in [5, 5.41) is 14.6. The van der Waals surface area contributed by atoms with Gasteiger partial charge in [-0.05, 0) is 36.2 Å². The Morgan fingerprint density at radius 1 is 1.35 bits per heavy atom. The van der Waals surface area contributed by atoms with E-state index in [4.69, 9.17) is 16.3 Å². The highest BCUT2D eigenvalue weighted by Crippen LogP contribution is 2.29. The number of benzene rings is 2. The Kier molecular flexibility index (Phi) is 7.29. The van der Waals surface area contributed by atoms with E-state index >= 15 is 0 Å². The Labute approximate surface area is 161 Å². The van der Waals surface area contributed by atoms with Gasteiger partial charge in [0, 0.05) is 16.8 Å². The number of ether oxygens (including phenoxy) is 1. The molecule has 138 valence electrons. The van der Waals surface area contributed by atoms with Crippen molar-refractivity contribution in [3.8, 4) is 5.75 Å². The van der Waals surface area contributed by atoms with Crippen LogP contribution in [0.1, 0.15) is 24.1 Å². The molecule has 2 aromatic carbocycles. The van der Waals surface area contributed by atoms with Gasteiger partial charge in [-0.15, -0.1) is 11.8 Å². The monoisotopic (exact) mass is 394 g/mol. The molecule has 0 radical (unpaired) electrons. The van der Waals surface area contributed by atoms with Crippen LogP contribution in [0, 0.1) is 10.1 Å². The maximum Gasteiger partial charge on any atom is 0.311 e. The number of carbonyl (C=O) groups is 1. The summed E-state index contributed by atoms with van der Waals surface area (Å²) in [5.74, 6) is 0.858. The predicted molar refractivity (Wildman–Crippen MR) is 104 cm³/mol. The number of methoxy groups -OCH3 is 1. The first-order valence-electron chi connectivity index (χ1n) is 7.84. The lowest BCUT2D eigenvalue weighted by Gasteiger charge is -2.14. The highest BCUT2D eigenvalue weighted by Gasteiger charge is 2.15. The fourth-order valence-electron chi connectivity index (χ4n) is 2.37.